The second-order valence-corrected chi connectivity index (χ2v) is 7.74. The molecule has 4 heteroatoms. The van der Waals surface area contributed by atoms with Gasteiger partial charge in [-0.3, -0.25) is 9.98 Å². The van der Waals surface area contributed by atoms with Gasteiger partial charge in [-0.15, -0.1) is 0 Å². The molecule has 0 fully saturated rings. The summed E-state index contributed by atoms with van der Waals surface area (Å²) < 4.78 is 6.69. The molecular formula is C22H21N3O. The fourth-order valence-electron chi connectivity index (χ4n) is 4.36. The molecule has 0 N–H and O–H groups in total. The minimum Gasteiger partial charge on any atom is -0.459 e. The number of hydrogen-bond donors (Lipinski definition) is 0. The lowest BCUT2D eigenvalue weighted by molar-refractivity contribution is 0.0826. The summed E-state index contributed by atoms with van der Waals surface area (Å²) in [4.78, 5) is 11.5. The van der Waals surface area contributed by atoms with Crippen LogP contribution in [-0.4, -0.2) is 24.0 Å². The lowest BCUT2D eigenvalue weighted by Gasteiger charge is -2.44. The Morgan fingerprint density at radius 3 is 2.77 bits per heavy atom. The Hall–Kier alpha value is -2.88. The van der Waals surface area contributed by atoms with E-state index in [0.29, 0.717) is 0 Å². The molecule has 1 atom stereocenters. The van der Waals surface area contributed by atoms with Gasteiger partial charge in [0.05, 0.1) is 17.1 Å². The molecule has 1 unspecified atom stereocenters. The molecule has 0 bridgehead atoms. The van der Waals surface area contributed by atoms with E-state index in [1.807, 2.05) is 30.5 Å². The average molecular weight is 343 g/mol. The molecule has 0 amide bonds. The Kier molecular flexibility index (Phi) is 2.87. The van der Waals surface area contributed by atoms with Gasteiger partial charge in [-0.2, -0.15) is 0 Å². The van der Waals surface area contributed by atoms with Crippen LogP contribution >= 0.6 is 0 Å². The number of aromatic nitrogens is 1. The Morgan fingerprint density at radius 1 is 1.08 bits per heavy atom. The quantitative estimate of drug-likeness (QED) is 0.590. The summed E-state index contributed by atoms with van der Waals surface area (Å²) in [5.74, 6) is 0.803. The Balaban J connectivity index is 1.71. The van der Waals surface area contributed by atoms with Gasteiger partial charge < -0.3 is 9.64 Å². The van der Waals surface area contributed by atoms with E-state index in [2.05, 4.69) is 55.9 Å². The highest BCUT2D eigenvalue weighted by Gasteiger charge is 2.58. The molecule has 3 aromatic rings. The average Bonchev–Trinajstić information content (AvgIpc) is 2.80. The minimum absolute atomic E-state index is 0.242. The van der Waals surface area contributed by atoms with Gasteiger partial charge >= 0.3 is 0 Å². The molecule has 2 aliphatic heterocycles. The molecular weight excluding hydrogens is 322 g/mol. The Labute approximate surface area is 153 Å². The maximum atomic E-state index is 6.69. The third kappa shape index (κ3) is 1.74. The number of rotatable bonds is 0. The van der Waals surface area contributed by atoms with Crippen molar-refractivity contribution in [3.8, 4) is 5.75 Å². The normalized spacial score (nSPS) is 22.4. The molecule has 0 aliphatic carbocycles. The van der Waals surface area contributed by atoms with Gasteiger partial charge in [0.1, 0.15) is 11.4 Å². The van der Waals surface area contributed by atoms with Crippen LogP contribution in [0.1, 0.15) is 25.0 Å². The van der Waals surface area contributed by atoms with Crippen LogP contribution in [0.2, 0.25) is 0 Å². The van der Waals surface area contributed by atoms with E-state index in [1.54, 1.807) is 6.20 Å². The molecule has 3 heterocycles. The van der Waals surface area contributed by atoms with E-state index in [9.17, 15) is 0 Å². The summed E-state index contributed by atoms with van der Waals surface area (Å²) in [6, 6.07) is 14.6. The van der Waals surface area contributed by atoms with Crippen LogP contribution in [0.5, 0.6) is 5.75 Å². The van der Waals surface area contributed by atoms with E-state index in [0.717, 1.165) is 22.3 Å². The first-order chi connectivity index (χ1) is 12.4. The topological polar surface area (TPSA) is 37.7 Å². The van der Waals surface area contributed by atoms with Gasteiger partial charge in [0, 0.05) is 24.3 Å². The molecule has 0 saturated heterocycles. The fourth-order valence-corrected chi connectivity index (χ4v) is 4.36. The standard InChI is InChI=1S/C22H21N3O/c1-14-7-9-18-16(12-14)21(2,3)22(25(18)4)13-24-20-15-6-5-11-23-17(15)8-10-19(20)26-22/h5-13H,1-4H3. The predicted molar refractivity (Wildman–Crippen MR) is 106 cm³/mol. The zero-order chi connectivity index (χ0) is 18.1. The second kappa shape index (κ2) is 4.85. The highest BCUT2D eigenvalue weighted by molar-refractivity contribution is 5.98. The molecule has 26 heavy (non-hydrogen) atoms. The molecule has 1 aromatic heterocycles. The van der Waals surface area contributed by atoms with E-state index >= 15 is 0 Å². The molecule has 1 spiro atoms. The molecule has 4 nitrogen and oxygen atoms in total. The molecule has 5 rings (SSSR count). The van der Waals surface area contributed by atoms with E-state index in [1.165, 1.54) is 16.8 Å². The van der Waals surface area contributed by atoms with Crippen molar-refractivity contribution in [3.63, 3.8) is 0 Å². The maximum absolute atomic E-state index is 6.69. The number of nitrogens with zero attached hydrogens (tertiary/aromatic N) is 3. The molecule has 0 saturated carbocycles. The van der Waals surface area contributed by atoms with Crippen LogP contribution in [-0.2, 0) is 5.41 Å². The number of ether oxygens (including phenoxy) is 1. The van der Waals surface area contributed by atoms with Crippen molar-refractivity contribution in [2.24, 2.45) is 4.99 Å². The van der Waals surface area contributed by atoms with Crippen molar-refractivity contribution < 1.29 is 4.74 Å². The smallest absolute Gasteiger partial charge is 0.228 e. The van der Waals surface area contributed by atoms with Crippen LogP contribution in [0.4, 0.5) is 11.4 Å². The summed E-state index contributed by atoms with van der Waals surface area (Å²) in [7, 11) is 2.09. The number of aryl methyl sites for hydroxylation is 1. The third-order valence-corrected chi connectivity index (χ3v) is 5.93. The Morgan fingerprint density at radius 2 is 1.92 bits per heavy atom. The van der Waals surface area contributed by atoms with Crippen molar-refractivity contribution >= 4 is 28.5 Å². The van der Waals surface area contributed by atoms with E-state index in [4.69, 9.17) is 9.73 Å². The third-order valence-electron chi connectivity index (χ3n) is 5.93. The van der Waals surface area contributed by atoms with E-state index < -0.39 is 5.72 Å². The highest BCUT2D eigenvalue weighted by Crippen LogP contribution is 2.54. The largest absolute Gasteiger partial charge is 0.459 e. The lowest BCUT2D eigenvalue weighted by atomic mass is 9.77. The van der Waals surface area contributed by atoms with Crippen molar-refractivity contribution in [3.05, 3.63) is 59.8 Å². The minimum atomic E-state index is -0.647. The van der Waals surface area contributed by atoms with Crippen LogP contribution < -0.4 is 9.64 Å². The monoisotopic (exact) mass is 343 g/mol. The van der Waals surface area contributed by atoms with Crippen LogP contribution in [0.25, 0.3) is 10.9 Å². The number of likely N-dealkylation sites (N-methyl/N-ethyl adjacent to an activating group) is 1. The fraction of sp³-hybridized carbons (Fsp3) is 0.273. The first kappa shape index (κ1) is 15.4. The number of pyridine rings is 1. The van der Waals surface area contributed by atoms with Gasteiger partial charge in [-0.05, 0) is 56.7 Å². The van der Waals surface area contributed by atoms with Crippen molar-refractivity contribution in [2.45, 2.75) is 31.9 Å². The summed E-state index contributed by atoms with van der Waals surface area (Å²) >= 11 is 0. The number of aliphatic imine (C=N–C) groups is 1. The first-order valence-electron chi connectivity index (χ1n) is 8.91. The number of hydrogen-bond acceptors (Lipinski definition) is 4. The van der Waals surface area contributed by atoms with Crippen molar-refractivity contribution in [1.29, 1.82) is 0 Å². The zero-order valence-electron chi connectivity index (χ0n) is 15.4. The lowest BCUT2D eigenvalue weighted by Crippen LogP contribution is -2.61. The summed E-state index contributed by atoms with van der Waals surface area (Å²) in [5, 5.41) is 1.02. The summed E-state index contributed by atoms with van der Waals surface area (Å²) in [6.07, 6.45) is 3.77. The Bertz CT molecular complexity index is 1090. The van der Waals surface area contributed by atoms with Crippen molar-refractivity contribution in [1.82, 2.24) is 4.98 Å². The zero-order valence-corrected chi connectivity index (χ0v) is 15.4. The van der Waals surface area contributed by atoms with Crippen molar-refractivity contribution in [2.75, 3.05) is 11.9 Å². The molecule has 130 valence electrons. The van der Waals surface area contributed by atoms with Crippen LogP contribution in [0.15, 0.2) is 53.7 Å². The molecule has 2 aromatic carbocycles. The van der Waals surface area contributed by atoms with Crippen LogP contribution in [0.3, 0.4) is 0 Å². The summed E-state index contributed by atoms with van der Waals surface area (Å²) in [6.45, 7) is 6.59. The number of anilines is 1. The van der Waals surface area contributed by atoms with Gasteiger partial charge in [0.25, 0.3) is 0 Å². The second-order valence-electron chi connectivity index (χ2n) is 7.74. The van der Waals surface area contributed by atoms with E-state index in [-0.39, 0.29) is 5.41 Å². The number of benzene rings is 2. The molecule has 2 aliphatic rings. The van der Waals surface area contributed by atoms with Crippen LogP contribution in [0, 0.1) is 6.92 Å². The predicted octanol–water partition coefficient (Wildman–Crippen LogP) is 4.76. The van der Waals surface area contributed by atoms with Gasteiger partial charge in [-0.1, -0.05) is 17.7 Å². The highest BCUT2D eigenvalue weighted by atomic mass is 16.5. The van der Waals surface area contributed by atoms with Gasteiger partial charge in [0.2, 0.25) is 5.72 Å². The number of fused-ring (bicyclic) bond motifs is 4. The summed E-state index contributed by atoms with van der Waals surface area (Å²) in [5.41, 5.74) is 4.64. The first-order valence-corrected chi connectivity index (χ1v) is 8.91. The molecule has 0 radical (unpaired) electrons. The maximum Gasteiger partial charge on any atom is 0.228 e. The SMILES string of the molecule is Cc1ccc2c(c1)C(C)(C)C1(C=Nc3c(ccc4ncccc34)O1)N2C. The van der Waals surface area contributed by atoms with Gasteiger partial charge in [-0.25, -0.2) is 0 Å². The van der Waals surface area contributed by atoms with Gasteiger partial charge in [0.15, 0.2) is 0 Å².